The molecule has 1 atom stereocenters. The summed E-state index contributed by atoms with van der Waals surface area (Å²) in [6.45, 7) is 3.96. The van der Waals surface area contributed by atoms with Gasteiger partial charge in [-0.15, -0.1) is 0 Å². The number of aryl methyl sites for hydroxylation is 1. The summed E-state index contributed by atoms with van der Waals surface area (Å²) < 4.78 is 0. The Morgan fingerprint density at radius 1 is 1.30 bits per heavy atom. The second-order valence-corrected chi connectivity index (χ2v) is 5.25. The number of allylic oxidation sites excluding steroid dienone is 4. The van der Waals surface area contributed by atoms with Crippen LogP contribution in [-0.4, -0.2) is 25.3 Å². The highest BCUT2D eigenvalue weighted by Crippen LogP contribution is 2.16. The van der Waals surface area contributed by atoms with Crippen LogP contribution in [0.25, 0.3) is 0 Å². The topological polar surface area (TPSA) is 58.2 Å². The largest absolute Gasteiger partial charge is 0.325 e. The molecule has 0 spiro atoms. The third kappa shape index (κ3) is 6.20. The number of benzene rings is 1. The maximum absolute atomic E-state index is 12.3. The minimum absolute atomic E-state index is 0.0898. The van der Waals surface area contributed by atoms with Crippen molar-refractivity contribution in [1.82, 2.24) is 5.32 Å². The third-order valence-electron chi connectivity index (χ3n) is 3.65. The molecule has 1 unspecified atom stereocenters. The van der Waals surface area contributed by atoms with Crippen molar-refractivity contribution >= 4 is 17.9 Å². The van der Waals surface area contributed by atoms with Gasteiger partial charge in [-0.3, -0.25) is 9.59 Å². The van der Waals surface area contributed by atoms with Crippen molar-refractivity contribution in [2.45, 2.75) is 39.2 Å². The van der Waals surface area contributed by atoms with Gasteiger partial charge in [0, 0.05) is 11.3 Å². The molecule has 124 valence electrons. The van der Waals surface area contributed by atoms with E-state index in [-0.39, 0.29) is 11.9 Å². The van der Waals surface area contributed by atoms with E-state index in [4.69, 9.17) is 0 Å². The number of anilines is 1. The van der Waals surface area contributed by atoms with Crippen molar-refractivity contribution < 1.29 is 9.59 Å². The number of nitrogens with one attached hydrogen (secondary N) is 2. The van der Waals surface area contributed by atoms with Crippen molar-refractivity contribution in [1.29, 1.82) is 0 Å². The van der Waals surface area contributed by atoms with E-state index in [9.17, 15) is 9.59 Å². The Balaban J connectivity index is 2.67. The Labute approximate surface area is 138 Å². The lowest BCUT2D eigenvalue weighted by Gasteiger charge is -2.16. The molecule has 0 saturated carbocycles. The highest BCUT2D eigenvalue weighted by atomic mass is 16.2. The molecule has 1 rings (SSSR count). The average Bonchev–Trinajstić information content (AvgIpc) is 2.57. The predicted molar refractivity (Wildman–Crippen MR) is 95.9 cm³/mol. The summed E-state index contributed by atoms with van der Waals surface area (Å²) in [4.78, 5) is 23.4. The maximum atomic E-state index is 12.3. The van der Waals surface area contributed by atoms with Crippen LogP contribution in [0.1, 0.15) is 42.6 Å². The van der Waals surface area contributed by atoms with Crippen LogP contribution < -0.4 is 10.6 Å². The van der Waals surface area contributed by atoms with Crippen LogP contribution in [0.4, 0.5) is 5.69 Å². The van der Waals surface area contributed by atoms with Gasteiger partial charge in [-0.25, -0.2) is 0 Å². The first-order valence-corrected chi connectivity index (χ1v) is 8.00. The van der Waals surface area contributed by atoms with Crippen molar-refractivity contribution in [2.75, 3.05) is 12.4 Å². The Morgan fingerprint density at radius 3 is 2.70 bits per heavy atom. The number of likely N-dealkylation sites (N-methyl/N-ethyl adjacent to an activating group) is 1. The molecule has 0 aromatic heterocycles. The Morgan fingerprint density at radius 2 is 2.09 bits per heavy atom. The monoisotopic (exact) mass is 314 g/mol. The molecule has 1 aromatic rings. The lowest BCUT2D eigenvalue weighted by Crippen LogP contribution is -2.38. The standard InChI is InChI=1S/C19H26N2O2/c1-4-6-7-8-9-10-18(20-3)19(23)21-17-12-11-15(5-2)16(13-17)14-22/h4,6-8,11-14,18,20H,5,9-10H2,1-3H3,(H,21,23)/b6-4-,8-7-. The molecule has 4 nitrogen and oxygen atoms in total. The molecular weight excluding hydrogens is 288 g/mol. The minimum Gasteiger partial charge on any atom is -0.325 e. The zero-order valence-electron chi connectivity index (χ0n) is 14.1. The molecule has 0 radical (unpaired) electrons. The normalized spacial score (nSPS) is 12.7. The molecule has 0 aliphatic rings. The lowest BCUT2D eigenvalue weighted by molar-refractivity contribution is -0.118. The van der Waals surface area contributed by atoms with Crippen LogP contribution in [0.15, 0.2) is 42.5 Å². The van der Waals surface area contributed by atoms with Gasteiger partial charge in [0.05, 0.1) is 6.04 Å². The molecule has 23 heavy (non-hydrogen) atoms. The third-order valence-corrected chi connectivity index (χ3v) is 3.65. The van der Waals surface area contributed by atoms with Crippen LogP contribution in [0, 0.1) is 0 Å². The first-order chi connectivity index (χ1) is 11.2. The summed E-state index contributed by atoms with van der Waals surface area (Å²) in [5, 5.41) is 5.90. The number of rotatable bonds is 9. The van der Waals surface area contributed by atoms with E-state index in [1.807, 2.05) is 50.3 Å². The molecular formula is C19H26N2O2. The van der Waals surface area contributed by atoms with Crippen LogP contribution >= 0.6 is 0 Å². The number of hydrogen-bond donors (Lipinski definition) is 2. The van der Waals surface area contributed by atoms with Crippen molar-refractivity contribution in [2.24, 2.45) is 0 Å². The molecule has 1 amide bonds. The Kier molecular flexibility index (Phi) is 8.62. The molecule has 0 heterocycles. The fraction of sp³-hybridized carbons (Fsp3) is 0.368. The molecule has 0 aliphatic heterocycles. The molecule has 2 N–H and O–H groups in total. The molecule has 4 heteroatoms. The van der Waals surface area contributed by atoms with Crippen molar-refractivity contribution in [3.05, 3.63) is 53.6 Å². The quantitative estimate of drug-likeness (QED) is 0.542. The van der Waals surface area contributed by atoms with E-state index in [2.05, 4.69) is 10.6 Å². The van der Waals surface area contributed by atoms with Gasteiger partial charge in [-0.05, 0) is 50.9 Å². The lowest BCUT2D eigenvalue weighted by atomic mass is 10.0. The van der Waals surface area contributed by atoms with Gasteiger partial charge in [-0.1, -0.05) is 37.3 Å². The molecule has 0 bridgehead atoms. The van der Waals surface area contributed by atoms with E-state index in [1.165, 1.54) is 0 Å². The SMILES string of the molecule is C/C=C\C=C/CCC(NC)C(=O)Nc1ccc(CC)c(C=O)c1. The summed E-state index contributed by atoms with van der Waals surface area (Å²) in [5.74, 6) is -0.0898. The van der Waals surface area contributed by atoms with Gasteiger partial charge in [0.2, 0.25) is 5.91 Å². The van der Waals surface area contributed by atoms with E-state index in [0.29, 0.717) is 17.7 Å². The van der Waals surface area contributed by atoms with E-state index in [0.717, 1.165) is 24.7 Å². The first kappa shape index (κ1) is 18.8. The van der Waals surface area contributed by atoms with Gasteiger partial charge >= 0.3 is 0 Å². The fourth-order valence-corrected chi connectivity index (χ4v) is 2.29. The van der Waals surface area contributed by atoms with Crippen molar-refractivity contribution in [3.63, 3.8) is 0 Å². The number of carbonyl (C=O) groups is 2. The predicted octanol–water partition coefficient (Wildman–Crippen LogP) is 3.50. The van der Waals surface area contributed by atoms with Gasteiger partial charge in [-0.2, -0.15) is 0 Å². The minimum atomic E-state index is -0.268. The average molecular weight is 314 g/mol. The Bertz CT molecular complexity index is 577. The van der Waals surface area contributed by atoms with Crippen LogP contribution in [0.5, 0.6) is 0 Å². The number of aldehydes is 1. The van der Waals surface area contributed by atoms with Gasteiger partial charge in [0.15, 0.2) is 0 Å². The second-order valence-electron chi connectivity index (χ2n) is 5.25. The summed E-state index contributed by atoms with van der Waals surface area (Å²) in [6.07, 6.45) is 11.1. The summed E-state index contributed by atoms with van der Waals surface area (Å²) in [5.41, 5.74) is 2.26. The van der Waals surface area contributed by atoms with Gasteiger partial charge < -0.3 is 10.6 Å². The maximum Gasteiger partial charge on any atom is 0.241 e. The zero-order valence-corrected chi connectivity index (χ0v) is 14.1. The summed E-state index contributed by atoms with van der Waals surface area (Å²) >= 11 is 0. The van der Waals surface area contributed by atoms with E-state index >= 15 is 0 Å². The summed E-state index contributed by atoms with van der Waals surface area (Å²) in [6, 6.07) is 5.18. The molecule has 0 fully saturated rings. The van der Waals surface area contributed by atoms with E-state index < -0.39 is 0 Å². The molecule has 1 aromatic carbocycles. The van der Waals surface area contributed by atoms with Gasteiger partial charge in [0.1, 0.15) is 6.29 Å². The summed E-state index contributed by atoms with van der Waals surface area (Å²) in [7, 11) is 1.77. The number of carbonyl (C=O) groups excluding carboxylic acids is 2. The number of hydrogen-bond acceptors (Lipinski definition) is 3. The highest BCUT2D eigenvalue weighted by Gasteiger charge is 2.15. The highest BCUT2D eigenvalue weighted by molar-refractivity contribution is 5.95. The molecule has 0 aliphatic carbocycles. The smallest absolute Gasteiger partial charge is 0.241 e. The first-order valence-electron chi connectivity index (χ1n) is 8.00. The van der Waals surface area contributed by atoms with Crippen LogP contribution in [0.2, 0.25) is 0 Å². The van der Waals surface area contributed by atoms with Gasteiger partial charge in [0.25, 0.3) is 0 Å². The van der Waals surface area contributed by atoms with Crippen LogP contribution in [0.3, 0.4) is 0 Å². The van der Waals surface area contributed by atoms with E-state index in [1.54, 1.807) is 13.1 Å². The second kappa shape index (κ2) is 10.5. The van der Waals surface area contributed by atoms with Crippen molar-refractivity contribution in [3.8, 4) is 0 Å². The molecule has 0 saturated heterocycles. The number of amides is 1. The van der Waals surface area contributed by atoms with Crippen LogP contribution in [-0.2, 0) is 11.2 Å². The zero-order chi connectivity index (χ0) is 17.1. The Hall–Kier alpha value is -2.20. The fourth-order valence-electron chi connectivity index (χ4n) is 2.29.